The van der Waals surface area contributed by atoms with Gasteiger partial charge in [-0.3, -0.25) is 4.79 Å². The number of hydrogen-bond acceptors (Lipinski definition) is 5. The second-order valence-corrected chi connectivity index (χ2v) is 11.9. The number of ether oxygens (including phenoxy) is 1. The summed E-state index contributed by atoms with van der Waals surface area (Å²) in [6.45, 7) is 5.13. The summed E-state index contributed by atoms with van der Waals surface area (Å²) < 4.78 is 5.90. The summed E-state index contributed by atoms with van der Waals surface area (Å²) in [5, 5.41) is 2.67. The Balaban J connectivity index is 1.42. The van der Waals surface area contributed by atoms with E-state index in [1.54, 1.807) is 14.7 Å². The van der Waals surface area contributed by atoms with Crippen molar-refractivity contribution in [2.45, 2.75) is 39.0 Å². The number of imidazole rings is 1. The van der Waals surface area contributed by atoms with Crippen LogP contribution in [-0.2, 0) is 22.6 Å². The Bertz CT molecular complexity index is 1430. The van der Waals surface area contributed by atoms with Crippen LogP contribution in [0.4, 0.5) is 9.59 Å². The molecular weight excluding hydrogens is 622 g/mol. The van der Waals surface area contributed by atoms with E-state index in [0.717, 1.165) is 31.4 Å². The van der Waals surface area contributed by atoms with Crippen LogP contribution in [0.25, 0.3) is 11.3 Å². The maximum absolute atomic E-state index is 13.9. The molecule has 0 saturated carbocycles. The summed E-state index contributed by atoms with van der Waals surface area (Å²) in [6.07, 6.45) is 1.14. The molecule has 12 heteroatoms. The number of fused-ring (bicyclic) bond motifs is 1. The molecule has 0 radical (unpaired) electrons. The number of amides is 4. The fourth-order valence-corrected chi connectivity index (χ4v) is 5.76. The quantitative estimate of drug-likeness (QED) is 0.325. The van der Waals surface area contributed by atoms with Crippen molar-refractivity contribution >= 4 is 53.9 Å². The Morgan fingerprint density at radius 3 is 2.52 bits per heavy atom. The summed E-state index contributed by atoms with van der Waals surface area (Å²) in [6, 6.07) is 12.8. The summed E-state index contributed by atoms with van der Waals surface area (Å²) in [7, 11) is 3.29. The number of urea groups is 1. The van der Waals surface area contributed by atoms with Crippen molar-refractivity contribution in [2.24, 2.45) is 5.92 Å². The van der Waals surface area contributed by atoms with E-state index in [1.807, 2.05) is 58.2 Å². The number of benzene rings is 2. The molecule has 40 heavy (non-hydrogen) atoms. The number of rotatable bonds is 5. The molecule has 2 aliphatic heterocycles. The SMILES string of the molecule is Bc1ccc(-c2c[nH]c(C3CN(C(=O)N4Cc5ccc(I)cc5C4)CN3C(=O)[C@@H](NC(=O)OC)C(C)C)n2)cc1. The van der Waals surface area contributed by atoms with Gasteiger partial charge in [-0.25, -0.2) is 14.6 Å². The van der Waals surface area contributed by atoms with Crippen molar-refractivity contribution in [3.63, 3.8) is 0 Å². The second kappa shape index (κ2) is 11.5. The zero-order chi connectivity index (χ0) is 28.6. The topological polar surface area (TPSA) is 111 Å². The van der Waals surface area contributed by atoms with Gasteiger partial charge in [0.1, 0.15) is 25.8 Å². The van der Waals surface area contributed by atoms with Crippen molar-refractivity contribution in [1.82, 2.24) is 30.0 Å². The molecule has 2 N–H and O–H groups in total. The van der Waals surface area contributed by atoms with E-state index in [9.17, 15) is 14.4 Å². The number of aromatic amines is 1. The van der Waals surface area contributed by atoms with Gasteiger partial charge < -0.3 is 29.7 Å². The van der Waals surface area contributed by atoms with E-state index in [0.29, 0.717) is 18.9 Å². The van der Waals surface area contributed by atoms with Crippen LogP contribution in [0.1, 0.15) is 36.8 Å². The van der Waals surface area contributed by atoms with Crippen LogP contribution in [0, 0.1) is 9.49 Å². The molecule has 0 aliphatic carbocycles. The number of methoxy groups -OCH3 is 1. The van der Waals surface area contributed by atoms with Gasteiger partial charge in [0, 0.05) is 28.4 Å². The highest BCUT2D eigenvalue weighted by Crippen LogP contribution is 2.32. The molecule has 2 aromatic carbocycles. The molecule has 1 saturated heterocycles. The molecule has 10 nitrogen and oxygen atoms in total. The Hall–Kier alpha value is -3.55. The third-order valence-corrected chi connectivity index (χ3v) is 8.13. The number of aromatic nitrogens is 2. The first-order chi connectivity index (χ1) is 19.1. The van der Waals surface area contributed by atoms with Gasteiger partial charge in [-0.05, 0) is 51.8 Å². The van der Waals surface area contributed by atoms with Gasteiger partial charge in [0.2, 0.25) is 5.91 Å². The van der Waals surface area contributed by atoms with Crippen molar-refractivity contribution in [3.8, 4) is 11.3 Å². The minimum atomic E-state index is -0.824. The average molecular weight is 654 g/mol. The van der Waals surface area contributed by atoms with Gasteiger partial charge >= 0.3 is 12.1 Å². The molecule has 3 aromatic rings. The van der Waals surface area contributed by atoms with Crippen LogP contribution >= 0.6 is 22.6 Å². The van der Waals surface area contributed by atoms with Crippen LogP contribution in [-0.4, -0.2) is 76.9 Å². The highest BCUT2D eigenvalue weighted by atomic mass is 127. The molecular formula is C28H32BIN6O4. The number of carbonyl (C=O) groups excluding carboxylic acids is 3. The number of hydrogen-bond donors (Lipinski definition) is 2. The zero-order valence-electron chi connectivity index (χ0n) is 23.0. The van der Waals surface area contributed by atoms with E-state index in [-0.39, 0.29) is 31.1 Å². The zero-order valence-corrected chi connectivity index (χ0v) is 25.1. The summed E-state index contributed by atoms with van der Waals surface area (Å²) >= 11 is 2.28. The van der Waals surface area contributed by atoms with Gasteiger partial charge in [-0.15, -0.1) is 0 Å². The predicted molar refractivity (Wildman–Crippen MR) is 161 cm³/mol. The lowest BCUT2D eigenvalue weighted by atomic mass is 9.95. The summed E-state index contributed by atoms with van der Waals surface area (Å²) in [5.74, 6) is 0.0829. The van der Waals surface area contributed by atoms with Gasteiger partial charge in [-0.1, -0.05) is 49.6 Å². The van der Waals surface area contributed by atoms with Gasteiger partial charge in [-0.2, -0.15) is 0 Å². The van der Waals surface area contributed by atoms with Crippen LogP contribution in [0.5, 0.6) is 0 Å². The molecule has 1 fully saturated rings. The van der Waals surface area contributed by atoms with Crippen molar-refractivity contribution in [3.05, 3.63) is 69.2 Å². The standard InChI is InChI=1S/C28H32BIN6O4/c1-16(2)24(33-27(38)40-3)26(37)36-15-35(28(39)34-12-18-6-9-21(30)10-19(18)13-34)14-23(36)25-31-11-22(32-25)17-4-7-20(29)8-5-17/h4-11,16,23-24H,12-15,29H2,1-3H3,(H,31,32)(H,33,38)/t23?,24-/m0/s1. The van der Waals surface area contributed by atoms with E-state index >= 15 is 0 Å². The highest BCUT2D eigenvalue weighted by Gasteiger charge is 2.43. The Morgan fingerprint density at radius 2 is 1.82 bits per heavy atom. The van der Waals surface area contributed by atoms with Crippen molar-refractivity contribution in [1.29, 1.82) is 0 Å². The number of nitrogens with one attached hydrogen (secondary N) is 2. The highest BCUT2D eigenvalue weighted by molar-refractivity contribution is 14.1. The van der Waals surface area contributed by atoms with E-state index < -0.39 is 18.2 Å². The molecule has 1 aromatic heterocycles. The Kier molecular flexibility index (Phi) is 8.06. The van der Waals surface area contributed by atoms with E-state index in [1.165, 1.54) is 7.11 Å². The molecule has 2 atom stereocenters. The average Bonchev–Trinajstić information content (AvgIpc) is 3.69. The molecule has 2 aliphatic rings. The van der Waals surface area contributed by atoms with Crippen molar-refractivity contribution in [2.75, 3.05) is 20.3 Å². The van der Waals surface area contributed by atoms with Crippen LogP contribution < -0.4 is 10.8 Å². The molecule has 0 bridgehead atoms. The van der Waals surface area contributed by atoms with Gasteiger partial charge in [0.25, 0.3) is 0 Å². The maximum Gasteiger partial charge on any atom is 0.407 e. The lowest BCUT2D eigenvalue weighted by Gasteiger charge is -2.29. The fraction of sp³-hybridized carbons (Fsp3) is 0.357. The molecule has 4 amide bonds. The first kappa shape index (κ1) is 28.0. The number of alkyl carbamates (subject to hydrolysis) is 1. The van der Waals surface area contributed by atoms with Crippen LogP contribution in [0.15, 0.2) is 48.7 Å². The molecule has 5 rings (SSSR count). The lowest BCUT2D eigenvalue weighted by Crippen LogP contribution is -2.52. The summed E-state index contributed by atoms with van der Waals surface area (Å²) in [4.78, 5) is 52.9. The number of nitrogens with zero attached hydrogens (tertiary/aromatic N) is 4. The number of H-pyrrole nitrogens is 1. The Labute approximate surface area is 248 Å². The molecule has 208 valence electrons. The van der Waals surface area contributed by atoms with Crippen LogP contribution in [0.3, 0.4) is 0 Å². The second-order valence-electron chi connectivity index (χ2n) is 10.6. The minimum absolute atomic E-state index is 0.0827. The molecule has 1 unspecified atom stereocenters. The Morgan fingerprint density at radius 1 is 1.10 bits per heavy atom. The fourth-order valence-electron chi connectivity index (χ4n) is 5.20. The van der Waals surface area contributed by atoms with E-state index in [2.05, 4.69) is 45.0 Å². The first-order valence-electron chi connectivity index (χ1n) is 13.2. The van der Waals surface area contributed by atoms with Crippen molar-refractivity contribution < 1.29 is 19.1 Å². The predicted octanol–water partition coefficient (Wildman–Crippen LogP) is 2.60. The normalized spacial score (nSPS) is 17.2. The van der Waals surface area contributed by atoms with Gasteiger partial charge in [0.05, 0.1) is 26.0 Å². The third-order valence-electron chi connectivity index (χ3n) is 7.46. The number of halogens is 1. The third kappa shape index (κ3) is 5.67. The summed E-state index contributed by atoms with van der Waals surface area (Å²) in [5.41, 5.74) is 5.13. The molecule has 0 spiro atoms. The number of carbonyl (C=O) groups is 3. The largest absolute Gasteiger partial charge is 0.453 e. The molecule has 3 heterocycles. The lowest BCUT2D eigenvalue weighted by molar-refractivity contribution is -0.135. The van der Waals surface area contributed by atoms with Crippen LogP contribution in [0.2, 0.25) is 0 Å². The smallest absolute Gasteiger partial charge is 0.407 e. The van der Waals surface area contributed by atoms with E-state index in [4.69, 9.17) is 9.72 Å². The monoisotopic (exact) mass is 654 g/mol. The van der Waals surface area contributed by atoms with Gasteiger partial charge in [0.15, 0.2) is 0 Å². The minimum Gasteiger partial charge on any atom is -0.453 e. The first-order valence-corrected chi connectivity index (χ1v) is 14.3. The maximum atomic E-state index is 13.9.